The minimum Gasteiger partial charge on any atom is -0.394 e. The van der Waals surface area contributed by atoms with Crippen molar-refractivity contribution < 1.29 is 8.85 Å². The summed E-state index contributed by atoms with van der Waals surface area (Å²) in [5, 5.41) is 0. The molecule has 5 nitrogen and oxygen atoms in total. The van der Waals surface area contributed by atoms with Crippen LogP contribution in [0.4, 0.5) is 0 Å². The molecule has 0 aromatic heterocycles. The van der Waals surface area contributed by atoms with Crippen LogP contribution in [0.1, 0.15) is 40.0 Å². The number of hydrogen-bond acceptors (Lipinski definition) is 5. The molecule has 0 radical (unpaired) electrons. The van der Waals surface area contributed by atoms with Crippen LogP contribution in [0.15, 0.2) is 0 Å². The van der Waals surface area contributed by atoms with Crippen LogP contribution in [0.2, 0.25) is 12.1 Å². The average Bonchev–Trinajstić information content (AvgIpc) is 2.56. The highest BCUT2D eigenvalue weighted by molar-refractivity contribution is 6.67. The summed E-state index contributed by atoms with van der Waals surface area (Å²) >= 11 is 0. The maximum absolute atomic E-state index is 6.37. The topological polar surface area (TPSA) is 28.2 Å². The van der Waals surface area contributed by atoms with E-state index in [1.165, 1.54) is 19.3 Å². The molecule has 0 rings (SSSR count). The van der Waals surface area contributed by atoms with E-state index < -0.39 is 8.56 Å². The smallest absolute Gasteiger partial charge is 0.338 e. The van der Waals surface area contributed by atoms with Gasteiger partial charge in [0.15, 0.2) is 0 Å². The first-order valence-corrected chi connectivity index (χ1v) is 12.6. The van der Waals surface area contributed by atoms with E-state index in [9.17, 15) is 0 Å². The van der Waals surface area contributed by atoms with Crippen LogP contribution in [0, 0.1) is 5.41 Å². The summed E-state index contributed by atoms with van der Waals surface area (Å²) < 4.78 is 12.7. The molecule has 0 heterocycles. The van der Waals surface area contributed by atoms with Gasteiger partial charge >= 0.3 is 8.56 Å². The monoisotopic (exact) mass is 389 g/mol. The van der Waals surface area contributed by atoms with Crippen molar-refractivity contribution in [2.24, 2.45) is 5.41 Å². The molecule has 158 valence electrons. The van der Waals surface area contributed by atoms with E-state index >= 15 is 0 Å². The molecule has 0 aromatic carbocycles. The van der Waals surface area contributed by atoms with Crippen LogP contribution >= 0.6 is 0 Å². The van der Waals surface area contributed by atoms with Gasteiger partial charge in [-0.25, -0.2) is 0 Å². The van der Waals surface area contributed by atoms with E-state index in [2.05, 4.69) is 77.8 Å². The fourth-order valence-electron chi connectivity index (χ4n) is 3.59. The largest absolute Gasteiger partial charge is 0.394 e. The molecule has 6 heteroatoms. The first-order valence-electron chi connectivity index (χ1n) is 10.4. The van der Waals surface area contributed by atoms with Crippen LogP contribution in [0.3, 0.4) is 0 Å². The fraction of sp³-hybridized carbons (Fsp3) is 1.00. The Bertz CT molecular complexity index is 315. The standard InChI is InChI=1S/C20H47N3O2Si/c1-10-24-26(12-3,25-11-2)19-20(13-16-21(4)5,14-17-22(6)7)15-18-23(8)9/h10-19H2,1-9H3. The lowest BCUT2D eigenvalue weighted by atomic mass is 9.79. The lowest BCUT2D eigenvalue weighted by Gasteiger charge is -2.42. The van der Waals surface area contributed by atoms with Gasteiger partial charge in [0, 0.05) is 13.2 Å². The van der Waals surface area contributed by atoms with E-state index in [1.807, 2.05) is 0 Å². The van der Waals surface area contributed by atoms with Crippen LogP contribution in [0.25, 0.3) is 0 Å². The first-order chi connectivity index (χ1) is 12.1. The Hall–Kier alpha value is 0.0169. The molecule has 0 aliphatic carbocycles. The molecule has 0 unspecified atom stereocenters. The van der Waals surface area contributed by atoms with E-state index in [1.54, 1.807) is 0 Å². The highest BCUT2D eigenvalue weighted by Crippen LogP contribution is 2.42. The molecule has 0 saturated heterocycles. The minimum absolute atomic E-state index is 0.269. The molecule has 0 aliphatic heterocycles. The third-order valence-electron chi connectivity index (χ3n) is 5.27. The van der Waals surface area contributed by atoms with Gasteiger partial charge in [-0.15, -0.1) is 0 Å². The minimum atomic E-state index is -2.18. The third-order valence-corrected chi connectivity index (χ3v) is 9.26. The van der Waals surface area contributed by atoms with Gasteiger partial charge in [-0.2, -0.15) is 0 Å². The molecule has 0 atom stereocenters. The van der Waals surface area contributed by atoms with Crippen molar-refractivity contribution in [3.8, 4) is 0 Å². The van der Waals surface area contributed by atoms with E-state index in [-0.39, 0.29) is 5.41 Å². The van der Waals surface area contributed by atoms with Crippen LogP contribution in [-0.4, -0.2) is 98.4 Å². The zero-order valence-corrected chi connectivity index (χ0v) is 20.2. The molecule has 0 N–H and O–H groups in total. The van der Waals surface area contributed by atoms with Gasteiger partial charge in [0.1, 0.15) is 0 Å². The summed E-state index contributed by atoms with van der Waals surface area (Å²) in [5.41, 5.74) is 0.269. The van der Waals surface area contributed by atoms with Crippen molar-refractivity contribution in [1.29, 1.82) is 0 Å². The van der Waals surface area contributed by atoms with Crippen LogP contribution in [-0.2, 0) is 8.85 Å². The summed E-state index contributed by atoms with van der Waals surface area (Å²) in [7, 11) is 10.9. The molecule has 0 aromatic rings. The number of nitrogens with zero attached hydrogens (tertiary/aromatic N) is 3. The van der Waals surface area contributed by atoms with Crippen molar-refractivity contribution in [1.82, 2.24) is 14.7 Å². The summed E-state index contributed by atoms with van der Waals surface area (Å²) in [6.07, 6.45) is 3.61. The van der Waals surface area contributed by atoms with Crippen molar-refractivity contribution >= 4 is 8.56 Å². The van der Waals surface area contributed by atoms with Gasteiger partial charge in [0.05, 0.1) is 0 Å². The fourth-order valence-corrected chi connectivity index (χ4v) is 7.26. The molecule has 0 fully saturated rings. The predicted molar refractivity (Wildman–Crippen MR) is 116 cm³/mol. The van der Waals surface area contributed by atoms with Gasteiger partial charge in [0.25, 0.3) is 0 Å². The van der Waals surface area contributed by atoms with Gasteiger partial charge in [-0.1, -0.05) is 6.92 Å². The third kappa shape index (κ3) is 10.4. The summed E-state index contributed by atoms with van der Waals surface area (Å²) in [4.78, 5) is 6.95. The van der Waals surface area contributed by atoms with Gasteiger partial charge in [-0.05, 0) is 113 Å². The van der Waals surface area contributed by atoms with Crippen molar-refractivity contribution in [2.75, 3.05) is 75.1 Å². The van der Waals surface area contributed by atoms with Gasteiger partial charge in [-0.3, -0.25) is 0 Å². The Balaban J connectivity index is 5.65. The maximum atomic E-state index is 6.37. The molecule has 0 spiro atoms. The van der Waals surface area contributed by atoms with Crippen molar-refractivity contribution in [3.05, 3.63) is 0 Å². The Morgan fingerprint density at radius 2 is 1.00 bits per heavy atom. The van der Waals surface area contributed by atoms with Crippen LogP contribution < -0.4 is 0 Å². The summed E-state index contributed by atoms with van der Waals surface area (Å²) in [6.45, 7) is 11.3. The molecule has 0 bridgehead atoms. The molecule has 0 amide bonds. The molecular weight excluding hydrogens is 342 g/mol. The van der Waals surface area contributed by atoms with Gasteiger partial charge in [0.2, 0.25) is 0 Å². The zero-order chi connectivity index (χ0) is 20.2. The SMILES string of the molecule is CCO[Si](CC)(CC(CCN(C)C)(CCN(C)C)CCN(C)C)OCC. The highest BCUT2D eigenvalue weighted by atomic mass is 28.4. The summed E-state index contributed by atoms with van der Waals surface area (Å²) in [5.74, 6) is 0. The van der Waals surface area contributed by atoms with E-state index in [0.29, 0.717) is 0 Å². The van der Waals surface area contributed by atoms with Crippen molar-refractivity contribution in [3.63, 3.8) is 0 Å². The molecular formula is C20H47N3O2Si. The zero-order valence-electron chi connectivity index (χ0n) is 19.2. The second-order valence-corrected chi connectivity index (χ2v) is 11.9. The Labute approximate surface area is 165 Å². The average molecular weight is 390 g/mol. The number of rotatable bonds is 16. The Morgan fingerprint density at radius 3 is 1.23 bits per heavy atom. The van der Waals surface area contributed by atoms with Crippen molar-refractivity contribution in [2.45, 2.75) is 52.1 Å². The Kier molecular flexibility index (Phi) is 13.2. The first kappa shape index (κ1) is 26.0. The second kappa shape index (κ2) is 13.2. The highest BCUT2D eigenvalue weighted by Gasteiger charge is 2.44. The number of hydrogen-bond donors (Lipinski definition) is 0. The van der Waals surface area contributed by atoms with Crippen LogP contribution in [0.5, 0.6) is 0 Å². The quantitative estimate of drug-likeness (QED) is 0.377. The lowest BCUT2D eigenvalue weighted by molar-refractivity contribution is 0.129. The van der Waals surface area contributed by atoms with Gasteiger partial charge < -0.3 is 23.6 Å². The molecule has 0 saturated carbocycles. The predicted octanol–water partition coefficient (Wildman–Crippen LogP) is 3.36. The molecule has 0 aliphatic rings. The second-order valence-electron chi connectivity index (χ2n) is 8.47. The lowest BCUT2D eigenvalue weighted by Crippen LogP contribution is -2.48. The summed E-state index contributed by atoms with van der Waals surface area (Å²) in [6, 6.07) is 2.13. The maximum Gasteiger partial charge on any atom is 0.338 e. The van der Waals surface area contributed by atoms with E-state index in [4.69, 9.17) is 8.85 Å². The normalized spacial score (nSPS) is 13.4. The van der Waals surface area contributed by atoms with E-state index in [0.717, 1.165) is 44.9 Å². The molecule has 26 heavy (non-hydrogen) atoms. The Morgan fingerprint density at radius 1 is 0.654 bits per heavy atom.